The topological polar surface area (TPSA) is 67.4 Å². The molecule has 0 saturated heterocycles. The minimum absolute atomic E-state index is 0.304. The van der Waals surface area contributed by atoms with E-state index in [0.717, 1.165) is 9.75 Å². The zero-order valence-electron chi connectivity index (χ0n) is 11.1. The van der Waals surface area contributed by atoms with Crippen molar-refractivity contribution in [2.75, 3.05) is 6.61 Å². The second-order valence-electron chi connectivity index (χ2n) is 4.24. The fraction of sp³-hybridized carbons (Fsp3) is 0.385. The lowest BCUT2D eigenvalue weighted by molar-refractivity contribution is -0.139. The van der Waals surface area contributed by atoms with Gasteiger partial charge in [0.25, 0.3) is 0 Å². The third-order valence-corrected chi connectivity index (χ3v) is 3.88. The summed E-state index contributed by atoms with van der Waals surface area (Å²) in [5.74, 6) is -0.399. The quantitative estimate of drug-likeness (QED) is 0.834. The number of hydrogen-bond donors (Lipinski definition) is 2. The number of amides is 2. The van der Waals surface area contributed by atoms with Gasteiger partial charge in [-0.1, -0.05) is 0 Å². The smallest absolute Gasteiger partial charge is 0.338 e. The van der Waals surface area contributed by atoms with E-state index in [1.165, 1.54) is 0 Å². The van der Waals surface area contributed by atoms with E-state index < -0.39 is 12.0 Å². The van der Waals surface area contributed by atoms with Gasteiger partial charge < -0.3 is 15.4 Å². The number of rotatable bonds is 3. The number of nitrogens with one attached hydrogen (secondary N) is 2. The molecule has 5 nitrogen and oxygen atoms in total. The Kier molecular flexibility index (Phi) is 3.90. The van der Waals surface area contributed by atoms with Crippen molar-refractivity contribution in [2.24, 2.45) is 0 Å². The molecule has 0 saturated carbocycles. The van der Waals surface area contributed by atoms with Gasteiger partial charge in [-0.15, -0.1) is 11.3 Å². The molecule has 2 amide bonds. The molecule has 1 atom stereocenters. The lowest BCUT2D eigenvalue weighted by Gasteiger charge is -2.27. The van der Waals surface area contributed by atoms with Crippen LogP contribution in [0.25, 0.3) is 0 Å². The first-order valence-corrected chi connectivity index (χ1v) is 6.86. The molecule has 102 valence electrons. The van der Waals surface area contributed by atoms with Crippen LogP contribution in [0.15, 0.2) is 23.4 Å². The van der Waals surface area contributed by atoms with Crippen LogP contribution in [0.1, 0.15) is 29.6 Å². The second kappa shape index (κ2) is 5.44. The number of hydrogen-bond acceptors (Lipinski definition) is 4. The van der Waals surface area contributed by atoms with Gasteiger partial charge in [-0.3, -0.25) is 0 Å². The Labute approximate surface area is 115 Å². The summed E-state index contributed by atoms with van der Waals surface area (Å²) in [5.41, 5.74) is 1.00. The predicted molar refractivity (Wildman–Crippen MR) is 72.8 cm³/mol. The molecule has 0 bridgehead atoms. The van der Waals surface area contributed by atoms with Crippen LogP contribution in [0, 0.1) is 6.92 Å². The molecule has 0 spiro atoms. The average molecular weight is 280 g/mol. The second-order valence-corrected chi connectivity index (χ2v) is 5.56. The molecular weight excluding hydrogens is 264 g/mol. The van der Waals surface area contributed by atoms with Gasteiger partial charge in [0.15, 0.2) is 0 Å². The van der Waals surface area contributed by atoms with E-state index in [0.29, 0.717) is 17.9 Å². The summed E-state index contributed by atoms with van der Waals surface area (Å²) in [4.78, 5) is 25.7. The van der Waals surface area contributed by atoms with Crippen LogP contribution in [0.5, 0.6) is 0 Å². The zero-order chi connectivity index (χ0) is 14.0. The van der Waals surface area contributed by atoms with Gasteiger partial charge in [0.05, 0.1) is 18.2 Å². The number of ether oxygens (including phenoxy) is 1. The Morgan fingerprint density at radius 2 is 2.16 bits per heavy atom. The molecule has 1 unspecified atom stereocenters. The molecule has 0 fully saturated rings. The number of carbonyl (C=O) groups is 2. The van der Waals surface area contributed by atoms with E-state index in [9.17, 15) is 9.59 Å². The fourth-order valence-corrected chi connectivity index (χ4v) is 2.93. The molecule has 2 heterocycles. The van der Waals surface area contributed by atoms with Crippen LogP contribution >= 0.6 is 11.3 Å². The molecule has 1 aliphatic heterocycles. The Morgan fingerprint density at radius 1 is 1.42 bits per heavy atom. The summed E-state index contributed by atoms with van der Waals surface area (Å²) in [6, 6.07) is 3.14. The largest absolute Gasteiger partial charge is 0.463 e. The Balaban J connectivity index is 2.40. The molecule has 2 N–H and O–H groups in total. The number of urea groups is 1. The van der Waals surface area contributed by atoms with Gasteiger partial charge in [0.2, 0.25) is 0 Å². The molecule has 1 aromatic heterocycles. The highest BCUT2D eigenvalue weighted by Gasteiger charge is 2.32. The standard InChI is InChI=1S/C13H16N2O3S/c1-4-18-12(16)10-8(3)14-13(17)15-11(10)9-6-5-7(2)19-9/h5-6,11H,4H2,1-3H3,(H2,14,15,17). The van der Waals surface area contributed by atoms with Crippen LogP contribution in [0.3, 0.4) is 0 Å². The van der Waals surface area contributed by atoms with Gasteiger partial charge in [0, 0.05) is 15.5 Å². The van der Waals surface area contributed by atoms with Crippen LogP contribution < -0.4 is 10.6 Å². The van der Waals surface area contributed by atoms with Crippen molar-refractivity contribution in [3.63, 3.8) is 0 Å². The van der Waals surface area contributed by atoms with Gasteiger partial charge in [-0.2, -0.15) is 0 Å². The first kappa shape index (κ1) is 13.6. The van der Waals surface area contributed by atoms with Gasteiger partial charge in [0.1, 0.15) is 0 Å². The van der Waals surface area contributed by atoms with Crippen molar-refractivity contribution in [2.45, 2.75) is 26.8 Å². The van der Waals surface area contributed by atoms with E-state index in [-0.39, 0.29) is 6.03 Å². The maximum absolute atomic E-state index is 12.0. The average Bonchev–Trinajstić information content (AvgIpc) is 2.75. The summed E-state index contributed by atoms with van der Waals surface area (Å²) < 4.78 is 5.06. The van der Waals surface area contributed by atoms with E-state index in [4.69, 9.17) is 4.74 Å². The Hall–Kier alpha value is -1.82. The van der Waals surface area contributed by atoms with E-state index in [1.54, 1.807) is 25.2 Å². The maximum atomic E-state index is 12.0. The monoisotopic (exact) mass is 280 g/mol. The van der Waals surface area contributed by atoms with E-state index in [2.05, 4.69) is 10.6 Å². The summed E-state index contributed by atoms with van der Waals surface area (Å²) in [7, 11) is 0. The van der Waals surface area contributed by atoms with Gasteiger partial charge >= 0.3 is 12.0 Å². The normalized spacial score (nSPS) is 18.9. The maximum Gasteiger partial charge on any atom is 0.338 e. The van der Waals surface area contributed by atoms with Crippen molar-refractivity contribution >= 4 is 23.3 Å². The van der Waals surface area contributed by atoms with E-state index >= 15 is 0 Å². The lowest BCUT2D eigenvalue weighted by atomic mass is 10.0. The number of carbonyl (C=O) groups excluding carboxylic acids is 2. The summed E-state index contributed by atoms with van der Waals surface area (Å²) >= 11 is 1.55. The van der Waals surface area contributed by atoms with Crippen molar-refractivity contribution in [3.8, 4) is 0 Å². The molecule has 6 heteroatoms. The number of aryl methyl sites for hydroxylation is 1. The first-order valence-electron chi connectivity index (χ1n) is 6.04. The van der Waals surface area contributed by atoms with Crippen LogP contribution in [0.2, 0.25) is 0 Å². The van der Waals surface area contributed by atoms with Crippen LogP contribution in [0.4, 0.5) is 4.79 Å². The zero-order valence-corrected chi connectivity index (χ0v) is 11.9. The van der Waals surface area contributed by atoms with Crippen LogP contribution in [-0.4, -0.2) is 18.6 Å². The lowest BCUT2D eigenvalue weighted by Crippen LogP contribution is -2.45. The number of esters is 1. The molecule has 19 heavy (non-hydrogen) atoms. The third kappa shape index (κ3) is 2.78. The summed E-state index contributed by atoms with van der Waals surface area (Å²) in [6.45, 7) is 5.75. The van der Waals surface area contributed by atoms with Gasteiger partial charge in [-0.05, 0) is 32.9 Å². The van der Waals surface area contributed by atoms with Crippen molar-refractivity contribution in [1.29, 1.82) is 0 Å². The van der Waals surface area contributed by atoms with Crippen molar-refractivity contribution < 1.29 is 14.3 Å². The molecule has 0 aromatic carbocycles. The minimum Gasteiger partial charge on any atom is -0.463 e. The summed E-state index contributed by atoms with van der Waals surface area (Å²) in [5, 5.41) is 5.38. The number of thiophene rings is 1. The molecule has 2 rings (SSSR count). The predicted octanol–water partition coefficient (Wildman–Crippen LogP) is 2.25. The first-order chi connectivity index (χ1) is 9.02. The molecule has 1 aromatic rings. The highest BCUT2D eigenvalue weighted by atomic mass is 32.1. The number of allylic oxidation sites excluding steroid dienone is 1. The molecule has 0 radical (unpaired) electrons. The fourth-order valence-electron chi connectivity index (χ4n) is 2.00. The van der Waals surface area contributed by atoms with Crippen molar-refractivity contribution in [3.05, 3.63) is 33.2 Å². The Morgan fingerprint density at radius 3 is 2.74 bits per heavy atom. The van der Waals surface area contributed by atoms with Crippen molar-refractivity contribution in [1.82, 2.24) is 10.6 Å². The molecule has 0 aliphatic carbocycles. The minimum atomic E-state index is -0.438. The SMILES string of the molecule is CCOC(=O)C1=C(C)NC(=O)NC1c1ccc(C)s1. The third-order valence-electron chi connectivity index (χ3n) is 2.81. The summed E-state index contributed by atoms with van der Waals surface area (Å²) in [6.07, 6.45) is 0. The highest BCUT2D eigenvalue weighted by molar-refractivity contribution is 7.12. The highest BCUT2D eigenvalue weighted by Crippen LogP contribution is 2.31. The van der Waals surface area contributed by atoms with Crippen LogP contribution in [-0.2, 0) is 9.53 Å². The molecule has 1 aliphatic rings. The van der Waals surface area contributed by atoms with Gasteiger partial charge in [-0.25, -0.2) is 9.59 Å². The van der Waals surface area contributed by atoms with E-state index in [1.807, 2.05) is 19.1 Å². The molecular formula is C13H16N2O3S. The Bertz CT molecular complexity index is 548.